The summed E-state index contributed by atoms with van der Waals surface area (Å²) < 4.78 is 24.4. The highest BCUT2D eigenvalue weighted by Gasteiger charge is 2.12. The van der Waals surface area contributed by atoms with Crippen molar-refractivity contribution in [1.82, 2.24) is 15.1 Å². The lowest BCUT2D eigenvalue weighted by atomic mass is 10.0. The summed E-state index contributed by atoms with van der Waals surface area (Å²) in [5, 5.41) is 10.5. The Kier molecular flexibility index (Phi) is 5.56. The largest absolute Gasteiger partial charge is 0.457 e. The van der Waals surface area contributed by atoms with Gasteiger partial charge in [0, 0.05) is 36.0 Å². The Morgan fingerprint density at radius 3 is 2.42 bits per heavy atom. The van der Waals surface area contributed by atoms with Crippen LogP contribution in [-0.2, 0) is 11.3 Å². The van der Waals surface area contributed by atoms with E-state index in [1.54, 1.807) is 18.3 Å². The molecule has 1 aromatic heterocycles. The highest BCUT2D eigenvalue weighted by molar-refractivity contribution is 5.94. The van der Waals surface area contributed by atoms with Crippen molar-refractivity contribution >= 4 is 10.8 Å². The van der Waals surface area contributed by atoms with Crippen molar-refractivity contribution in [2.45, 2.75) is 6.54 Å². The van der Waals surface area contributed by atoms with Gasteiger partial charge in [-0.25, -0.2) is 4.39 Å². The lowest BCUT2D eigenvalue weighted by molar-refractivity contribution is 0.0342. The van der Waals surface area contributed by atoms with Crippen LogP contribution in [0.15, 0.2) is 72.9 Å². The molecule has 0 bridgehead atoms. The number of rotatable bonds is 5. The van der Waals surface area contributed by atoms with E-state index in [1.165, 1.54) is 17.7 Å². The highest BCUT2D eigenvalue weighted by Crippen LogP contribution is 2.30. The van der Waals surface area contributed by atoms with E-state index >= 15 is 0 Å². The summed E-state index contributed by atoms with van der Waals surface area (Å²) >= 11 is 0. The van der Waals surface area contributed by atoms with E-state index in [1.807, 2.05) is 18.2 Å². The van der Waals surface area contributed by atoms with E-state index in [2.05, 4.69) is 39.4 Å². The van der Waals surface area contributed by atoms with Crippen molar-refractivity contribution < 1.29 is 13.9 Å². The summed E-state index contributed by atoms with van der Waals surface area (Å²) in [6.07, 6.45) is 1.73. The van der Waals surface area contributed by atoms with Gasteiger partial charge in [-0.2, -0.15) is 5.10 Å². The van der Waals surface area contributed by atoms with Crippen LogP contribution in [-0.4, -0.2) is 41.4 Å². The first kappa shape index (κ1) is 19.6. The molecular formula is C25H22FN3O2. The molecule has 156 valence electrons. The van der Waals surface area contributed by atoms with Crippen molar-refractivity contribution in [3.63, 3.8) is 0 Å². The second-order valence-electron chi connectivity index (χ2n) is 7.58. The van der Waals surface area contributed by atoms with Gasteiger partial charge < -0.3 is 9.47 Å². The van der Waals surface area contributed by atoms with Crippen LogP contribution in [0.2, 0.25) is 0 Å². The molecule has 1 fully saturated rings. The number of hydrogen-bond acceptors (Lipinski definition) is 5. The van der Waals surface area contributed by atoms with E-state index in [9.17, 15) is 4.39 Å². The van der Waals surface area contributed by atoms with Gasteiger partial charge >= 0.3 is 0 Å². The molecule has 1 aliphatic heterocycles. The zero-order valence-electron chi connectivity index (χ0n) is 17.0. The number of aromatic nitrogens is 2. The molecular weight excluding hydrogens is 393 g/mol. The minimum atomic E-state index is -0.290. The molecule has 0 aliphatic carbocycles. The van der Waals surface area contributed by atoms with Crippen molar-refractivity contribution in [2.24, 2.45) is 0 Å². The molecule has 1 aliphatic rings. The van der Waals surface area contributed by atoms with Crippen LogP contribution in [0.1, 0.15) is 5.56 Å². The monoisotopic (exact) mass is 415 g/mol. The first-order chi connectivity index (χ1) is 15.2. The quantitative estimate of drug-likeness (QED) is 0.456. The zero-order chi connectivity index (χ0) is 21.0. The van der Waals surface area contributed by atoms with Gasteiger partial charge in [0.2, 0.25) is 0 Å². The predicted molar refractivity (Wildman–Crippen MR) is 118 cm³/mol. The Hall–Kier alpha value is -3.35. The highest BCUT2D eigenvalue weighted by atomic mass is 19.1. The van der Waals surface area contributed by atoms with Crippen molar-refractivity contribution in [1.29, 1.82) is 0 Å². The van der Waals surface area contributed by atoms with E-state index in [0.717, 1.165) is 54.9 Å². The van der Waals surface area contributed by atoms with Gasteiger partial charge in [-0.1, -0.05) is 24.3 Å². The topological polar surface area (TPSA) is 47.5 Å². The fourth-order valence-corrected chi connectivity index (χ4v) is 3.77. The van der Waals surface area contributed by atoms with Crippen molar-refractivity contribution in [2.75, 3.05) is 26.3 Å². The molecule has 0 spiro atoms. The molecule has 0 radical (unpaired) electrons. The first-order valence-corrected chi connectivity index (χ1v) is 10.3. The first-order valence-electron chi connectivity index (χ1n) is 10.3. The van der Waals surface area contributed by atoms with Gasteiger partial charge in [0.05, 0.1) is 19.4 Å². The molecule has 0 amide bonds. The van der Waals surface area contributed by atoms with Crippen LogP contribution in [0.4, 0.5) is 4.39 Å². The Morgan fingerprint density at radius 2 is 1.65 bits per heavy atom. The summed E-state index contributed by atoms with van der Waals surface area (Å²) in [6, 6.07) is 20.3. The Morgan fingerprint density at radius 1 is 0.903 bits per heavy atom. The SMILES string of the molecule is Fc1ccc(Oc2ccc3c(-c4ccc(CN5CCOCC5)cc4)nncc3c2)cc1. The molecule has 0 N–H and O–H groups in total. The van der Waals surface area contributed by atoms with Gasteiger partial charge in [-0.15, -0.1) is 5.10 Å². The molecule has 0 atom stereocenters. The molecule has 1 saturated heterocycles. The predicted octanol–water partition coefficient (Wildman–Crippen LogP) is 5.06. The number of fused-ring (bicyclic) bond motifs is 1. The fraction of sp³-hybridized carbons (Fsp3) is 0.200. The number of benzene rings is 3. The zero-order valence-corrected chi connectivity index (χ0v) is 17.0. The maximum Gasteiger partial charge on any atom is 0.128 e. The number of morpholine rings is 1. The summed E-state index contributed by atoms with van der Waals surface area (Å²) in [4.78, 5) is 2.40. The lowest BCUT2D eigenvalue weighted by Crippen LogP contribution is -2.35. The number of hydrogen-bond donors (Lipinski definition) is 0. The van der Waals surface area contributed by atoms with E-state index in [-0.39, 0.29) is 5.82 Å². The number of halogens is 1. The molecule has 0 saturated carbocycles. The second kappa shape index (κ2) is 8.79. The third-order valence-electron chi connectivity index (χ3n) is 5.42. The maximum absolute atomic E-state index is 13.1. The Bertz CT molecular complexity index is 1170. The normalized spacial score (nSPS) is 14.6. The van der Waals surface area contributed by atoms with E-state index < -0.39 is 0 Å². The molecule has 5 nitrogen and oxygen atoms in total. The third-order valence-corrected chi connectivity index (χ3v) is 5.42. The van der Waals surface area contributed by atoms with Crippen LogP contribution >= 0.6 is 0 Å². The minimum Gasteiger partial charge on any atom is -0.457 e. The number of nitrogens with zero attached hydrogens (tertiary/aromatic N) is 3. The minimum absolute atomic E-state index is 0.290. The molecule has 5 rings (SSSR count). The second-order valence-corrected chi connectivity index (χ2v) is 7.58. The fourth-order valence-electron chi connectivity index (χ4n) is 3.77. The molecule has 4 aromatic rings. The van der Waals surface area contributed by atoms with Gasteiger partial charge in [0.1, 0.15) is 23.0 Å². The average Bonchev–Trinajstić information content (AvgIpc) is 2.81. The van der Waals surface area contributed by atoms with Crippen LogP contribution in [0.3, 0.4) is 0 Å². The van der Waals surface area contributed by atoms with Crippen LogP contribution < -0.4 is 4.74 Å². The molecule has 6 heteroatoms. The number of ether oxygens (including phenoxy) is 2. The standard InChI is InChI=1S/C25H22FN3O2/c26-21-5-7-22(8-6-21)31-23-9-10-24-20(15-23)16-27-28-25(24)19-3-1-18(2-4-19)17-29-11-13-30-14-12-29/h1-10,15-16H,11-14,17H2. The van der Waals surface area contributed by atoms with E-state index in [4.69, 9.17) is 9.47 Å². The van der Waals surface area contributed by atoms with Gasteiger partial charge in [0.15, 0.2) is 0 Å². The summed E-state index contributed by atoms with van der Waals surface area (Å²) in [5.41, 5.74) is 3.13. The van der Waals surface area contributed by atoms with Crippen LogP contribution in [0, 0.1) is 5.82 Å². The Labute approximate surface area is 180 Å². The smallest absolute Gasteiger partial charge is 0.128 e. The van der Waals surface area contributed by atoms with Gasteiger partial charge in [0.25, 0.3) is 0 Å². The van der Waals surface area contributed by atoms with Crippen LogP contribution in [0.5, 0.6) is 11.5 Å². The molecule has 31 heavy (non-hydrogen) atoms. The van der Waals surface area contributed by atoms with Crippen molar-refractivity contribution in [3.8, 4) is 22.8 Å². The molecule has 3 aromatic carbocycles. The molecule has 0 unspecified atom stereocenters. The van der Waals surface area contributed by atoms with Crippen molar-refractivity contribution in [3.05, 3.63) is 84.3 Å². The Balaban J connectivity index is 1.37. The summed E-state index contributed by atoms with van der Waals surface area (Å²) in [5.74, 6) is 0.958. The van der Waals surface area contributed by atoms with Gasteiger partial charge in [-0.3, -0.25) is 4.90 Å². The molecule has 2 heterocycles. The summed E-state index contributed by atoms with van der Waals surface area (Å²) in [7, 11) is 0. The summed E-state index contributed by atoms with van der Waals surface area (Å²) in [6.45, 7) is 4.47. The lowest BCUT2D eigenvalue weighted by Gasteiger charge is -2.26. The van der Waals surface area contributed by atoms with Crippen LogP contribution in [0.25, 0.3) is 22.0 Å². The van der Waals surface area contributed by atoms with Gasteiger partial charge in [-0.05, 0) is 48.0 Å². The van der Waals surface area contributed by atoms with E-state index in [0.29, 0.717) is 11.5 Å². The average molecular weight is 415 g/mol. The third kappa shape index (κ3) is 4.55. The maximum atomic E-state index is 13.1.